The summed E-state index contributed by atoms with van der Waals surface area (Å²) in [6, 6.07) is 6.10. The number of alkyl halides is 2. The van der Waals surface area contributed by atoms with Crippen LogP contribution in [0.3, 0.4) is 0 Å². The molecule has 11 heteroatoms. The molecule has 2 atom stereocenters. The summed E-state index contributed by atoms with van der Waals surface area (Å²) < 4.78 is 34.7. The number of benzene rings is 1. The Hall–Kier alpha value is -3.21. The van der Waals surface area contributed by atoms with Crippen LogP contribution in [0.2, 0.25) is 0 Å². The fourth-order valence-corrected chi connectivity index (χ4v) is 5.32. The smallest absolute Gasteiger partial charge is 0.270 e. The Kier molecular flexibility index (Phi) is 8.25. The molecular formula is C27H37F2N5O4. The molecule has 0 bridgehead atoms. The molecule has 38 heavy (non-hydrogen) atoms. The number of hydrogen-bond acceptors (Lipinski definition) is 5. The van der Waals surface area contributed by atoms with Gasteiger partial charge in [-0.3, -0.25) is 14.4 Å². The highest BCUT2D eigenvalue weighted by molar-refractivity contribution is 5.99. The number of rotatable bonds is 7. The van der Waals surface area contributed by atoms with Gasteiger partial charge in [0.2, 0.25) is 17.7 Å². The lowest BCUT2D eigenvalue weighted by Crippen LogP contribution is -2.59. The number of nitrogens with one attached hydrogen (secondary N) is 2. The first-order valence-corrected chi connectivity index (χ1v) is 13.1. The van der Waals surface area contributed by atoms with Crippen molar-refractivity contribution >= 4 is 28.6 Å². The van der Waals surface area contributed by atoms with Gasteiger partial charge in [0.15, 0.2) is 0 Å². The second kappa shape index (κ2) is 11.3. The number of carbonyl (C=O) groups is 3. The lowest BCUT2D eigenvalue weighted by molar-refractivity contribution is -0.141. The lowest BCUT2D eigenvalue weighted by atomic mass is 9.81. The van der Waals surface area contributed by atoms with E-state index in [-0.39, 0.29) is 49.3 Å². The van der Waals surface area contributed by atoms with E-state index in [1.165, 1.54) is 0 Å². The van der Waals surface area contributed by atoms with Crippen molar-refractivity contribution in [2.75, 3.05) is 40.3 Å². The van der Waals surface area contributed by atoms with Gasteiger partial charge >= 0.3 is 0 Å². The van der Waals surface area contributed by atoms with Gasteiger partial charge in [0, 0.05) is 57.5 Å². The molecule has 1 saturated heterocycles. The Morgan fingerprint density at radius 2 is 1.68 bits per heavy atom. The molecule has 2 fully saturated rings. The van der Waals surface area contributed by atoms with Crippen molar-refractivity contribution < 1.29 is 27.9 Å². The monoisotopic (exact) mass is 533 g/mol. The number of methoxy groups -OCH3 is 1. The quantitative estimate of drug-likeness (QED) is 0.570. The zero-order valence-electron chi connectivity index (χ0n) is 22.4. The Balaban J connectivity index is 1.44. The summed E-state index contributed by atoms with van der Waals surface area (Å²) in [6.45, 7) is 2.97. The molecule has 2 aromatic rings. The van der Waals surface area contributed by atoms with Crippen molar-refractivity contribution in [2.24, 2.45) is 13.0 Å². The maximum atomic E-state index is 13.8. The molecule has 2 aliphatic rings. The molecule has 1 aromatic heterocycles. The Bertz CT molecular complexity index is 1180. The van der Waals surface area contributed by atoms with Crippen LogP contribution in [0.25, 0.3) is 10.9 Å². The van der Waals surface area contributed by atoms with Crippen LogP contribution in [0.15, 0.2) is 24.3 Å². The van der Waals surface area contributed by atoms with Crippen molar-refractivity contribution in [1.82, 2.24) is 25.0 Å². The second-order valence-electron chi connectivity index (χ2n) is 10.3. The van der Waals surface area contributed by atoms with Gasteiger partial charge in [0.1, 0.15) is 17.5 Å². The van der Waals surface area contributed by atoms with Gasteiger partial charge in [-0.1, -0.05) is 0 Å². The third kappa shape index (κ3) is 5.77. The molecule has 2 N–H and O–H groups in total. The summed E-state index contributed by atoms with van der Waals surface area (Å²) in [7, 11) is 5.07. The Morgan fingerprint density at radius 1 is 1.05 bits per heavy atom. The van der Waals surface area contributed by atoms with Crippen LogP contribution in [0.5, 0.6) is 5.75 Å². The van der Waals surface area contributed by atoms with Crippen LogP contribution in [0.1, 0.15) is 43.1 Å². The summed E-state index contributed by atoms with van der Waals surface area (Å²) in [4.78, 5) is 42.9. The average Bonchev–Trinajstić information content (AvgIpc) is 3.26. The number of aromatic nitrogens is 1. The molecule has 1 aliphatic carbocycles. The summed E-state index contributed by atoms with van der Waals surface area (Å²) in [5.41, 5.74) is 1.43. The second-order valence-corrected chi connectivity index (χ2v) is 10.3. The first-order chi connectivity index (χ1) is 18.0. The topological polar surface area (TPSA) is 95.9 Å². The van der Waals surface area contributed by atoms with Crippen LogP contribution in [0.4, 0.5) is 8.78 Å². The number of fused-ring (bicyclic) bond motifs is 1. The molecule has 208 valence electrons. The Morgan fingerprint density at radius 3 is 2.29 bits per heavy atom. The van der Waals surface area contributed by atoms with Crippen molar-refractivity contribution in [3.63, 3.8) is 0 Å². The van der Waals surface area contributed by atoms with Crippen LogP contribution < -0.4 is 15.4 Å². The highest BCUT2D eigenvalue weighted by atomic mass is 19.3. The van der Waals surface area contributed by atoms with E-state index in [1.54, 1.807) is 30.9 Å². The molecule has 1 saturated carbocycles. The molecule has 2 heterocycles. The van der Waals surface area contributed by atoms with E-state index in [4.69, 9.17) is 4.74 Å². The molecular weight excluding hydrogens is 496 g/mol. The maximum absolute atomic E-state index is 13.8. The van der Waals surface area contributed by atoms with E-state index in [9.17, 15) is 23.2 Å². The van der Waals surface area contributed by atoms with Crippen molar-refractivity contribution in [2.45, 2.75) is 50.6 Å². The number of hydrogen-bond donors (Lipinski definition) is 2. The van der Waals surface area contributed by atoms with Crippen LogP contribution in [-0.2, 0) is 16.6 Å². The zero-order valence-corrected chi connectivity index (χ0v) is 22.4. The summed E-state index contributed by atoms with van der Waals surface area (Å²) in [6.07, 6.45) is -0.250. The minimum absolute atomic E-state index is 0.128. The molecule has 4 rings (SSSR count). The summed E-state index contributed by atoms with van der Waals surface area (Å²) in [5, 5.41) is 6.60. The van der Waals surface area contributed by atoms with E-state index in [0.717, 1.165) is 10.9 Å². The zero-order chi connectivity index (χ0) is 27.6. The van der Waals surface area contributed by atoms with Gasteiger partial charge in [-0.2, -0.15) is 0 Å². The molecule has 1 aliphatic heterocycles. The number of likely N-dealkylation sites (N-methyl/N-ethyl adjacent to an activating group) is 1. The maximum Gasteiger partial charge on any atom is 0.270 e. The molecule has 1 aromatic carbocycles. The number of piperazine rings is 1. The number of aryl methyl sites for hydroxylation is 1. The molecule has 0 spiro atoms. The number of ether oxygens (including phenoxy) is 1. The van der Waals surface area contributed by atoms with E-state index in [2.05, 4.69) is 10.6 Å². The van der Waals surface area contributed by atoms with Crippen LogP contribution >= 0.6 is 0 Å². The Labute approximate surface area is 221 Å². The third-order valence-corrected chi connectivity index (χ3v) is 7.97. The SMILES string of the molecule is CNC(C)C(=O)NC(C(=O)N1CCN(C(=O)c2cc3ccc(OC)cc3n2C)CC1)C1CCC(F)(F)CC1. The van der Waals surface area contributed by atoms with Crippen LogP contribution in [0, 0.1) is 5.92 Å². The van der Waals surface area contributed by atoms with Gasteiger partial charge in [0.05, 0.1) is 18.7 Å². The molecule has 3 amide bonds. The van der Waals surface area contributed by atoms with Gasteiger partial charge < -0.3 is 29.7 Å². The predicted octanol–water partition coefficient (Wildman–Crippen LogP) is 2.39. The first kappa shape index (κ1) is 27.8. The minimum atomic E-state index is -2.73. The number of nitrogens with zero attached hydrogens (tertiary/aromatic N) is 3. The van der Waals surface area contributed by atoms with Gasteiger partial charge in [-0.15, -0.1) is 0 Å². The fourth-order valence-electron chi connectivity index (χ4n) is 5.32. The molecule has 0 radical (unpaired) electrons. The molecule has 9 nitrogen and oxygen atoms in total. The highest BCUT2D eigenvalue weighted by Crippen LogP contribution is 2.38. The standard InChI is InChI=1S/C27H37F2N5O4/c1-17(30-2)24(35)31-23(18-7-9-27(28,29)10-8-18)26(37)34-13-11-33(12-14-34)25(36)22-15-19-5-6-20(38-4)16-21(19)32(22)3/h5-6,15-18,23,30H,7-14H2,1-4H3,(H,31,35). The fraction of sp³-hybridized carbons (Fsp3) is 0.593. The summed E-state index contributed by atoms with van der Waals surface area (Å²) >= 11 is 0. The minimum Gasteiger partial charge on any atom is -0.497 e. The van der Waals surface area contributed by atoms with Gasteiger partial charge in [-0.25, -0.2) is 8.78 Å². The summed E-state index contributed by atoms with van der Waals surface area (Å²) in [5.74, 6) is -3.13. The van der Waals surface area contributed by atoms with Crippen molar-refractivity contribution in [3.05, 3.63) is 30.0 Å². The number of carbonyl (C=O) groups excluding carboxylic acids is 3. The average molecular weight is 534 g/mol. The van der Waals surface area contributed by atoms with Crippen molar-refractivity contribution in [1.29, 1.82) is 0 Å². The van der Waals surface area contributed by atoms with Crippen LogP contribution in [-0.4, -0.2) is 90.4 Å². The number of halogens is 2. The third-order valence-electron chi connectivity index (χ3n) is 7.97. The lowest BCUT2D eigenvalue weighted by Gasteiger charge is -2.39. The largest absolute Gasteiger partial charge is 0.497 e. The van der Waals surface area contributed by atoms with E-state index < -0.39 is 18.0 Å². The number of amides is 3. The van der Waals surface area contributed by atoms with E-state index in [0.29, 0.717) is 37.6 Å². The highest BCUT2D eigenvalue weighted by Gasteiger charge is 2.42. The predicted molar refractivity (Wildman–Crippen MR) is 139 cm³/mol. The van der Waals surface area contributed by atoms with E-state index >= 15 is 0 Å². The van der Waals surface area contributed by atoms with Gasteiger partial charge in [-0.05, 0) is 50.9 Å². The normalized spacial score (nSPS) is 19.7. The molecule has 2 unspecified atom stereocenters. The first-order valence-electron chi connectivity index (χ1n) is 13.1. The van der Waals surface area contributed by atoms with Gasteiger partial charge in [0.25, 0.3) is 5.91 Å². The van der Waals surface area contributed by atoms with E-state index in [1.807, 2.05) is 35.9 Å². The van der Waals surface area contributed by atoms with Crippen molar-refractivity contribution in [3.8, 4) is 5.75 Å².